The number of nitrogens with zero attached hydrogens (tertiary/aromatic N) is 2. The second kappa shape index (κ2) is 5.41. The van der Waals surface area contributed by atoms with E-state index in [9.17, 15) is 5.11 Å². The van der Waals surface area contributed by atoms with Crippen LogP contribution in [0.5, 0.6) is 0 Å². The largest absolute Gasteiger partial charge is 0.494 e. The fourth-order valence-corrected chi connectivity index (χ4v) is 2.36. The molecule has 1 aliphatic heterocycles. The first-order valence-corrected chi connectivity index (χ1v) is 8.02. The molecule has 1 aromatic carbocycles. The zero-order valence-corrected chi connectivity index (χ0v) is 15.0. The molecular weight excluding hydrogens is 307 g/mol. The van der Waals surface area contributed by atoms with Crippen LogP contribution >= 0.6 is 0 Å². The molecule has 6 nitrogen and oxygen atoms in total. The summed E-state index contributed by atoms with van der Waals surface area (Å²) in [6, 6.07) is 7.63. The molecule has 7 heteroatoms. The fourth-order valence-electron chi connectivity index (χ4n) is 2.36. The number of hydrogen-bond acceptors (Lipinski definition) is 6. The molecule has 0 spiro atoms. The van der Waals surface area contributed by atoms with Crippen molar-refractivity contribution in [1.29, 1.82) is 0 Å². The summed E-state index contributed by atoms with van der Waals surface area (Å²) < 4.78 is 17.2. The third kappa shape index (κ3) is 2.99. The Labute approximate surface area is 142 Å². The zero-order valence-electron chi connectivity index (χ0n) is 15.0. The van der Waals surface area contributed by atoms with E-state index in [0.717, 1.165) is 11.0 Å². The molecule has 0 amide bonds. The van der Waals surface area contributed by atoms with Gasteiger partial charge in [0.1, 0.15) is 5.60 Å². The van der Waals surface area contributed by atoms with Crippen molar-refractivity contribution in [2.45, 2.75) is 58.3 Å². The Morgan fingerprint density at radius 3 is 2.00 bits per heavy atom. The van der Waals surface area contributed by atoms with Crippen molar-refractivity contribution in [2.75, 3.05) is 0 Å². The van der Waals surface area contributed by atoms with Gasteiger partial charge in [0.05, 0.1) is 11.2 Å². The lowest BCUT2D eigenvalue weighted by Gasteiger charge is -2.32. The summed E-state index contributed by atoms with van der Waals surface area (Å²) in [4.78, 5) is 4.23. The lowest BCUT2D eigenvalue weighted by atomic mass is 9.79. The van der Waals surface area contributed by atoms with Gasteiger partial charge in [-0.1, -0.05) is 29.4 Å². The van der Waals surface area contributed by atoms with Crippen LogP contribution in [0.15, 0.2) is 28.8 Å². The smallest absolute Gasteiger partial charge is 0.399 e. The molecule has 1 saturated heterocycles. The SMILES string of the molecule is CC(C)(O)c1nc(-c2ccc(B3OC(C)(C)C(C)(C)O3)cc2)no1. The summed E-state index contributed by atoms with van der Waals surface area (Å²) in [5.41, 5.74) is -0.163. The van der Waals surface area contributed by atoms with Gasteiger partial charge in [0.25, 0.3) is 5.89 Å². The summed E-state index contributed by atoms with van der Waals surface area (Å²) in [5, 5.41) is 13.8. The highest BCUT2D eigenvalue weighted by Gasteiger charge is 2.51. The van der Waals surface area contributed by atoms with Crippen LogP contribution in [0.25, 0.3) is 11.4 Å². The Morgan fingerprint density at radius 1 is 1.00 bits per heavy atom. The first-order valence-electron chi connectivity index (χ1n) is 8.02. The van der Waals surface area contributed by atoms with Crippen molar-refractivity contribution in [1.82, 2.24) is 10.1 Å². The highest BCUT2D eigenvalue weighted by Crippen LogP contribution is 2.36. The number of hydrogen-bond donors (Lipinski definition) is 1. The number of aromatic nitrogens is 2. The van der Waals surface area contributed by atoms with Crippen molar-refractivity contribution >= 4 is 12.6 Å². The molecule has 2 aromatic rings. The molecule has 0 radical (unpaired) electrons. The number of aliphatic hydroxyl groups is 1. The van der Waals surface area contributed by atoms with E-state index >= 15 is 0 Å². The third-order valence-electron chi connectivity index (χ3n) is 4.64. The molecule has 1 N–H and O–H groups in total. The Morgan fingerprint density at radius 2 is 1.54 bits per heavy atom. The van der Waals surface area contributed by atoms with Crippen LogP contribution in [-0.4, -0.2) is 33.6 Å². The van der Waals surface area contributed by atoms with Gasteiger partial charge in [-0.15, -0.1) is 0 Å². The quantitative estimate of drug-likeness (QED) is 0.870. The first-order chi connectivity index (χ1) is 11.0. The molecule has 0 bridgehead atoms. The van der Waals surface area contributed by atoms with Crippen LogP contribution in [0.3, 0.4) is 0 Å². The van der Waals surface area contributed by atoms with Crippen molar-refractivity contribution in [2.24, 2.45) is 0 Å². The van der Waals surface area contributed by atoms with Gasteiger partial charge in [-0.25, -0.2) is 0 Å². The van der Waals surface area contributed by atoms with E-state index in [2.05, 4.69) is 10.1 Å². The second-order valence-corrected chi connectivity index (χ2v) is 7.69. The van der Waals surface area contributed by atoms with Crippen molar-refractivity contribution in [3.8, 4) is 11.4 Å². The Balaban J connectivity index is 1.81. The van der Waals surface area contributed by atoms with Gasteiger partial charge >= 0.3 is 7.12 Å². The number of rotatable bonds is 3. The maximum atomic E-state index is 9.91. The maximum absolute atomic E-state index is 9.91. The average molecular weight is 330 g/mol. The molecule has 24 heavy (non-hydrogen) atoms. The summed E-state index contributed by atoms with van der Waals surface area (Å²) in [7, 11) is -0.402. The van der Waals surface area contributed by atoms with Gasteiger partial charge in [0, 0.05) is 5.56 Å². The van der Waals surface area contributed by atoms with Crippen LogP contribution in [-0.2, 0) is 14.9 Å². The third-order valence-corrected chi connectivity index (χ3v) is 4.64. The minimum Gasteiger partial charge on any atom is -0.399 e. The van der Waals surface area contributed by atoms with E-state index in [1.54, 1.807) is 13.8 Å². The standard InChI is InChI=1S/C17H23BN2O4/c1-15(2,21)14-19-13(20-22-14)11-7-9-12(10-8-11)18-23-16(3,4)17(5,6)24-18/h7-10,21H,1-6H3. The van der Waals surface area contributed by atoms with Crippen LogP contribution in [0, 0.1) is 0 Å². The van der Waals surface area contributed by atoms with Gasteiger partial charge < -0.3 is 18.9 Å². The minimum atomic E-state index is -1.16. The molecule has 1 aromatic heterocycles. The molecular formula is C17H23BN2O4. The predicted molar refractivity (Wildman–Crippen MR) is 90.7 cm³/mol. The molecule has 0 unspecified atom stereocenters. The van der Waals surface area contributed by atoms with E-state index in [1.807, 2.05) is 52.0 Å². The molecule has 3 rings (SSSR count). The topological polar surface area (TPSA) is 77.6 Å². The van der Waals surface area contributed by atoms with Crippen molar-refractivity contribution in [3.63, 3.8) is 0 Å². The summed E-state index contributed by atoms with van der Waals surface area (Å²) in [6.45, 7) is 11.3. The zero-order chi connectivity index (χ0) is 17.8. The second-order valence-electron chi connectivity index (χ2n) is 7.69. The Kier molecular flexibility index (Phi) is 3.86. The predicted octanol–water partition coefficient (Wildman–Crippen LogP) is 2.26. The van der Waals surface area contributed by atoms with Crippen LogP contribution in [0.4, 0.5) is 0 Å². The summed E-state index contributed by atoms with van der Waals surface area (Å²) >= 11 is 0. The van der Waals surface area contributed by atoms with Crippen LogP contribution in [0.1, 0.15) is 47.4 Å². The molecule has 128 valence electrons. The summed E-state index contributed by atoms with van der Waals surface area (Å²) in [5.74, 6) is 0.625. The van der Waals surface area contributed by atoms with Gasteiger partial charge in [0.2, 0.25) is 5.82 Å². The van der Waals surface area contributed by atoms with E-state index in [1.165, 1.54) is 0 Å². The maximum Gasteiger partial charge on any atom is 0.494 e. The van der Waals surface area contributed by atoms with Gasteiger partial charge in [0.15, 0.2) is 0 Å². The van der Waals surface area contributed by atoms with Crippen LogP contribution < -0.4 is 5.46 Å². The molecule has 2 heterocycles. The van der Waals surface area contributed by atoms with Crippen LogP contribution in [0.2, 0.25) is 0 Å². The summed E-state index contributed by atoms with van der Waals surface area (Å²) in [6.07, 6.45) is 0. The number of benzene rings is 1. The molecule has 0 aliphatic carbocycles. The minimum absolute atomic E-state index is 0.188. The molecule has 0 atom stereocenters. The van der Waals surface area contributed by atoms with Gasteiger partial charge in [-0.3, -0.25) is 0 Å². The first kappa shape index (κ1) is 17.1. The Hall–Kier alpha value is -1.70. The highest BCUT2D eigenvalue weighted by molar-refractivity contribution is 6.62. The lowest BCUT2D eigenvalue weighted by Crippen LogP contribution is -2.41. The van der Waals surface area contributed by atoms with Crippen molar-refractivity contribution in [3.05, 3.63) is 30.2 Å². The highest BCUT2D eigenvalue weighted by atomic mass is 16.7. The molecule has 0 saturated carbocycles. The Bertz CT molecular complexity index is 716. The normalized spacial score (nSPS) is 19.7. The van der Waals surface area contributed by atoms with E-state index in [4.69, 9.17) is 13.8 Å². The van der Waals surface area contributed by atoms with E-state index in [0.29, 0.717) is 5.82 Å². The van der Waals surface area contributed by atoms with Crippen molar-refractivity contribution < 1.29 is 18.9 Å². The average Bonchev–Trinajstić information content (AvgIpc) is 3.02. The lowest BCUT2D eigenvalue weighted by molar-refractivity contribution is 0.00578. The van der Waals surface area contributed by atoms with Gasteiger partial charge in [-0.2, -0.15) is 4.98 Å². The van der Waals surface area contributed by atoms with Gasteiger partial charge in [-0.05, 0) is 47.0 Å². The fraction of sp³-hybridized carbons (Fsp3) is 0.529. The van der Waals surface area contributed by atoms with E-state index in [-0.39, 0.29) is 17.1 Å². The van der Waals surface area contributed by atoms with E-state index < -0.39 is 12.7 Å². The molecule has 1 fully saturated rings. The molecule has 1 aliphatic rings. The monoisotopic (exact) mass is 330 g/mol.